The minimum Gasteiger partial charge on any atom is -0.347 e. The molecule has 0 spiro atoms. The predicted octanol–water partition coefficient (Wildman–Crippen LogP) is 4.24. The van der Waals surface area contributed by atoms with E-state index in [9.17, 15) is 9.18 Å². The van der Waals surface area contributed by atoms with E-state index < -0.39 is 5.82 Å². The lowest BCUT2D eigenvalue weighted by atomic mass is 10.1. The van der Waals surface area contributed by atoms with E-state index in [0.717, 1.165) is 16.6 Å². The zero-order valence-electron chi connectivity index (χ0n) is 13.1. The van der Waals surface area contributed by atoms with Gasteiger partial charge >= 0.3 is 0 Å². The van der Waals surface area contributed by atoms with Crippen molar-refractivity contribution < 1.29 is 9.18 Å². The van der Waals surface area contributed by atoms with Crippen molar-refractivity contribution in [1.29, 1.82) is 0 Å². The summed E-state index contributed by atoms with van der Waals surface area (Å²) in [6.45, 7) is 0.158. The molecule has 1 amide bonds. The van der Waals surface area contributed by atoms with Crippen molar-refractivity contribution in [2.24, 2.45) is 0 Å². The van der Waals surface area contributed by atoms with Gasteiger partial charge in [-0.1, -0.05) is 29.3 Å². The smallest absolute Gasteiger partial charge is 0.241 e. The Morgan fingerprint density at radius 2 is 1.96 bits per heavy atom. The fraction of sp³-hybridized carbons (Fsp3) is 0.176. The van der Waals surface area contributed by atoms with Gasteiger partial charge in [-0.25, -0.2) is 4.39 Å². The standard InChI is InChI=1S/C17H14Cl2FN3O/c1-22(2)16(24)9-23-8-13(19)17-15(23)6-11(7-21-17)10-3-4-14(20)12(18)5-10/h3-8H,9H2,1-2H3. The molecule has 2 heterocycles. The maximum Gasteiger partial charge on any atom is 0.241 e. The third-order valence-corrected chi connectivity index (χ3v) is 4.30. The Kier molecular flexibility index (Phi) is 4.47. The Labute approximate surface area is 148 Å². The van der Waals surface area contributed by atoms with Crippen molar-refractivity contribution >= 4 is 40.1 Å². The third kappa shape index (κ3) is 3.09. The molecule has 0 aliphatic rings. The number of rotatable bonds is 3. The van der Waals surface area contributed by atoms with Crippen LogP contribution >= 0.6 is 23.2 Å². The zero-order chi connectivity index (χ0) is 17.4. The first-order chi connectivity index (χ1) is 11.4. The topological polar surface area (TPSA) is 38.1 Å². The monoisotopic (exact) mass is 365 g/mol. The van der Waals surface area contributed by atoms with E-state index in [-0.39, 0.29) is 17.5 Å². The Balaban J connectivity index is 2.09. The fourth-order valence-corrected chi connectivity index (χ4v) is 2.82. The highest BCUT2D eigenvalue weighted by atomic mass is 35.5. The van der Waals surface area contributed by atoms with Gasteiger partial charge in [0.05, 0.1) is 15.6 Å². The molecule has 0 atom stereocenters. The van der Waals surface area contributed by atoms with Crippen molar-refractivity contribution in [3.05, 3.63) is 52.5 Å². The van der Waals surface area contributed by atoms with E-state index in [0.29, 0.717) is 10.5 Å². The number of fused-ring (bicyclic) bond motifs is 1. The lowest BCUT2D eigenvalue weighted by molar-refractivity contribution is -0.129. The van der Waals surface area contributed by atoms with Crippen molar-refractivity contribution in [3.63, 3.8) is 0 Å². The van der Waals surface area contributed by atoms with Gasteiger partial charge in [-0.05, 0) is 23.8 Å². The summed E-state index contributed by atoms with van der Waals surface area (Å²) >= 11 is 12.1. The van der Waals surface area contributed by atoms with Crippen LogP contribution in [0.25, 0.3) is 22.2 Å². The normalized spacial score (nSPS) is 11.0. The second-order valence-electron chi connectivity index (χ2n) is 5.61. The molecule has 0 aliphatic carbocycles. The number of carbonyl (C=O) groups is 1. The lowest BCUT2D eigenvalue weighted by Crippen LogP contribution is -2.25. The van der Waals surface area contributed by atoms with Crippen LogP contribution in [0.5, 0.6) is 0 Å². The van der Waals surface area contributed by atoms with Crippen molar-refractivity contribution in [2.45, 2.75) is 6.54 Å². The molecule has 0 aliphatic heterocycles. The first kappa shape index (κ1) is 16.7. The van der Waals surface area contributed by atoms with Crippen LogP contribution in [-0.4, -0.2) is 34.5 Å². The molecular formula is C17H14Cl2FN3O. The minimum absolute atomic E-state index is 0.0452. The summed E-state index contributed by atoms with van der Waals surface area (Å²) in [4.78, 5) is 17.9. The molecule has 3 aromatic rings. The molecular weight excluding hydrogens is 352 g/mol. The molecule has 4 nitrogen and oxygen atoms in total. The van der Waals surface area contributed by atoms with Crippen LogP contribution in [0.15, 0.2) is 36.7 Å². The first-order valence-electron chi connectivity index (χ1n) is 7.17. The van der Waals surface area contributed by atoms with Gasteiger partial charge in [0.2, 0.25) is 5.91 Å². The van der Waals surface area contributed by atoms with Gasteiger partial charge in [0.1, 0.15) is 17.9 Å². The second-order valence-corrected chi connectivity index (χ2v) is 6.43. The van der Waals surface area contributed by atoms with Crippen LogP contribution in [0.1, 0.15) is 0 Å². The van der Waals surface area contributed by atoms with Gasteiger partial charge in [-0.2, -0.15) is 0 Å². The van der Waals surface area contributed by atoms with E-state index in [1.165, 1.54) is 11.0 Å². The summed E-state index contributed by atoms with van der Waals surface area (Å²) in [5.74, 6) is -0.531. The summed E-state index contributed by atoms with van der Waals surface area (Å²) < 4.78 is 15.1. The number of halogens is 3. The summed E-state index contributed by atoms with van der Waals surface area (Å²) in [5, 5.41) is 0.518. The largest absolute Gasteiger partial charge is 0.347 e. The third-order valence-electron chi connectivity index (χ3n) is 3.73. The molecule has 24 heavy (non-hydrogen) atoms. The highest BCUT2D eigenvalue weighted by Gasteiger charge is 2.14. The maximum absolute atomic E-state index is 13.3. The van der Waals surface area contributed by atoms with Gasteiger partial charge in [0.25, 0.3) is 0 Å². The van der Waals surface area contributed by atoms with Crippen LogP contribution in [0.4, 0.5) is 4.39 Å². The summed E-state index contributed by atoms with van der Waals surface area (Å²) in [7, 11) is 3.39. The zero-order valence-corrected chi connectivity index (χ0v) is 14.6. The number of pyridine rings is 1. The molecule has 2 aromatic heterocycles. The van der Waals surface area contributed by atoms with E-state index in [1.54, 1.807) is 43.2 Å². The highest BCUT2D eigenvalue weighted by molar-refractivity contribution is 6.35. The quantitative estimate of drug-likeness (QED) is 0.696. The van der Waals surface area contributed by atoms with Gasteiger partial charge in [-0.3, -0.25) is 9.78 Å². The Morgan fingerprint density at radius 1 is 1.21 bits per heavy atom. The molecule has 0 saturated carbocycles. The van der Waals surface area contributed by atoms with Crippen LogP contribution in [0, 0.1) is 5.82 Å². The van der Waals surface area contributed by atoms with Gasteiger partial charge in [0, 0.05) is 32.1 Å². The maximum atomic E-state index is 13.3. The number of nitrogens with zero attached hydrogens (tertiary/aromatic N) is 3. The molecule has 0 bridgehead atoms. The first-order valence-corrected chi connectivity index (χ1v) is 7.92. The lowest BCUT2D eigenvalue weighted by Gasteiger charge is -2.12. The highest BCUT2D eigenvalue weighted by Crippen LogP contribution is 2.30. The number of likely N-dealkylation sites (N-methyl/N-ethyl adjacent to an activating group) is 1. The molecule has 0 fully saturated rings. The van der Waals surface area contributed by atoms with Crippen LogP contribution in [0.2, 0.25) is 10.0 Å². The SMILES string of the molecule is CN(C)C(=O)Cn1cc(Cl)c2ncc(-c3ccc(F)c(Cl)c3)cc21. The van der Waals surface area contributed by atoms with Crippen LogP contribution < -0.4 is 0 Å². The summed E-state index contributed by atoms with van der Waals surface area (Å²) in [6.07, 6.45) is 3.33. The summed E-state index contributed by atoms with van der Waals surface area (Å²) in [5.41, 5.74) is 2.84. The second kappa shape index (κ2) is 6.42. The Morgan fingerprint density at radius 3 is 2.62 bits per heavy atom. The van der Waals surface area contributed by atoms with E-state index >= 15 is 0 Å². The minimum atomic E-state index is -0.475. The number of hydrogen-bond acceptors (Lipinski definition) is 2. The molecule has 3 rings (SSSR count). The van der Waals surface area contributed by atoms with Gasteiger partial charge < -0.3 is 9.47 Å². The average Bonchev–Trinajstić information content (AvgIpc) is 2.85. The van der Waals surface area contributed by atoms with Crippen LogP contribution in [-0.2, 0) is 11.3 Å². The molecule has 0 N–H and O–H groups in total. The molecule has 0 radical (unpaired) electrons. The fourth-order valence-electron chi connectivity index (χ4n) is 2.38. The van der Waals surface area contributed by atoms with E-state index in [1.807, 2.05) is 6.07 Å². The Hall–Kier alpha value is -2.11. The number of aromatic nitrogens is 2. The molecule has 0 unspecified atom stereocenters. The number of benzene rings is 1. The predicted molar refractivity (Wildman–Crippen MR) is 93.8 cm³/mol. The van der Waals surface area contributed by atoms with Crippen molar-refractivity contribution in [3.8, 4) is 11.1 Å². The molecule has 1 aromatic carbocycles. The van der Waals surface area contributed by atoms with Gasteiger partial charge in [0.15, 0.2) is 0 Å². The number of carbonyl (C=O) groups excluding carboxylic acids is 1. The van der Waals surface area contributed by atoms with Crippen LogP contribution in [0.3, 0.4) is 0 Å². The molecule has 7 heteroatoms. The van der Waals surface area contributed by atoms with Gasteiger partial charge in [-0.15, -0.1) is 0 Å². The number of hydrogen-bond donors (Lipinski definition) is 0. The average molecular weight is 366 g/mol. The number of amides is 1. The van der Waals surface area contributed by atoms with Crippen molar-refractivity contribution in [2.75, 3.05) is 14.1 Å². The summed E-state index contributed by atoms with van der Waals surface area (Å²) in [6, 6.07) is 6.34. The molecule has 0 saturated heterocycles. The van der Waals surface area contributed by atoms with E-state index in [2.05, 4.69) is 4.98 Å². The van der Waals surface area contributed by atoms with E-state index in [4.69, 9.17) is 23.2 Å². The molecule has 124 valence electrons. The van der Waals surface area contributed by atoms with Crippen molar-refractivity contribution in [1.82, 2.24) is 14.5 Å². The Bertz CT molecular complexity index is 937.